The van der Waals surface area contributed by atoms with Crippen LogP contribution in [0, 0.1) is 10.1 Å². The Kier molecular flexibility index (Phi) is 4.45. The van der Waals surface area contributed by atoms with Gasteiger partial charge in [-0.05, 0) is 23.8 Å². The molecule has 1 aromatic carbocycles. The summed E-state index contributed by atoms with van der Waals surface area (Å²) in [5.41, 5.74) is 1.40. The van der Waals surface area contributed by atoms with Crippen molar-refractivity contribution >= 4 is 17.4 Å². The first-order chi connectivity index (χ1) is 10.1. The zero-order chi connectivity index (χ0) is 15.2. The molecule has 0 saturated heterocycles. The number of urea groups is 1. The van der Waals surface area contributed by atoms with E-state index in [0.29, 0.717) is 12.2 Å². The fraction of sp³-hybridized carbons (Fsp3) is 0.143. The molecule has 21 heavy (non-hydrogen) atoms. The molecule has 2 rings (SSSR count). The van der Waals surface area contributed by atoms with Crippen molar-refractivity contribution in [2.45, 2.75) is 6.54 Å². The molecule has 2 amide bonds. The number of pyridine rings is 1. The summed E-state index contributed by atoms with van der Waals surface area (Å²) in [6.45, 7) is 0.423. The number of carbonyl (C=O) groups is 1. The molecule has 1 aromatic heterocycles. The van der Waals surface area contributed by atoms with Gasteiger partial charge in [-0.1, -0.05) is 6.07 Å². The maximum Gasteiger partial charge on any atom is 0.321 e. The van der Waals surface area contributed by atoms with Crippen molar-refractivity contribution in [2.75, 3.05) is 12.4 Å². The third kappa shape index (κ3) is 4.00. The van der Waals surface area contributed by atoms with Gasteiger partial charge in [-0.3, -0.25) is 15.1 Å². The topological polar surface area (TPSA) is 88.4 Å². The number of hydrogen-bond acceptors (Lipinski definition) is 4. The molecule has 0 spiro atoms. The van der Waals surface area contributed by atoms with E-state index in [-0.39, 0.29) is 11.7 Å². The van der Waals surface area contributed by atoms with Gasteiger partial charge in [-0.2, -0.15) is 0 Å². The Morgan fingerprint density at radius 2 is 2.05 bits per heavy atom. The van der Waals surface area contributed by atoms with Crippen LogP contribution in [-0.2, 0) is 6.54 Å². The molecule has 2 aromatic rings. The largest absolute Gasteiger partial charge is 0.323 e. The Balaban J connectivity index is 1.95. The molecular weight excluding hydrogens is 272 g/mol. The fourth-order valence-electron chi connectivity index (χ4n) is 1.72. The number of benzene rings is 1. The lowest BCUT2D eigenvalue weighted by molar-refractivity contribution is -0.384. The van der Waals surface area contributed by atoms with E-state index >= 15 is 0 Å². The van der Waals surface area contributed by atoms with Gasteiger partial charge in [0.2, 0.25) is 0 Å². The summed E-state index contributed by atoms with van der Waals surface area (Å²) in [7, 11) is 1.66. The highest BCUT2D eigenvalue weighted by Gasteiger charge is 2.10. The van der Waals surface area contributed by atoms with E-state index in [0.717, 1.165) is 5.56 Å². The average molecular weight is 286 g/mol. The van der Waals surface area contributed by atoms with E-state index in [1.165, 1.54) is 29.2 Å². The predicted octanol–water partition coefficient (Wildman–Crippen LogP) is 2.65. The minimum Gasteiger partial charge on any atom is -0.323 e. The molecule has 0 bridgehead atoms. The molecule has 7 heteroatoms. The van der Waals surface area contributed by atoms with Crippen LogP contribution in [0.25, 0.3) is 0 Å². The number of carbonyl (C=O) groups excluding carboxylic acids is 1. The van der Waals surface area contributed by atoms with Gasteiger partial charge in [0.25, 0.3) is 5.69 Å². The van der Waals surface area contributed by atoms with Gasteiger partial charge in [0.15, 0.2) is 0 Å². The third-order valence-corrected chi connectivity index (χ3v) is 2.82. The summed E-state index contributed by atoms with van der Waals surface area (Å²) in [5, 5.41) is 13.2. The molecular formula is C14H14N4O3. The van der Waals surface area contributed by atoms with E-state index in [1.54, 1.807) is 25.5 Å². The fourth-order valence-corrected chi connectivity index (χ4v) is 1.72. The number of nitrogens with one attached hydrogen (secondary N) is 1. The zero-order valence-electron chi connectivity index (χ0n) is 11.4. The molecule has 0 saturated carbocycles. The van der Waals surface area contributed by atoms with Crippen molar-refractivity contribution in [2.24, 2.45) is 0 Å². The van der Waals surface area contributed by atoms with Crippen LogP contribution in [0.1, 0.15) is 5.56 Å². The van der Waals surface area contributed by atoms with Gasteiger partial charge in [0.05, 0.1) is 4.92 Å². The lowest BCUT2D eigenvalue weighted by atomic mass is 10.2. The Labute approximate surface area is 121 Å². The van der Waals surface area contributed by atoms with E-state index < -0.39 is 4.92 Å². The van der Waals surface area contributed by atoms with E-state index in [4.69, 9.17) is 0 Å². The molecule has 0 aliphatic heterocycles. The van der Waals surface area contributed by atoms with E-state index in [2.05, 4.69) is 10.3 Å². The Hall–Kier alpha value is -2.96. The second-order valence-corrected chi connectivity index (χ2v) is 4.45. The monoisotopic (exact) mass is 286 g/mol. The van der Waals surface area contributed by atoms with Crippen molar-refractivity contribution in [1.29, 1.82) is 0 Å². The summed E-state index contributed by atoms with van der Waals surface area (Å²) in [6, 6.07) is 9.06. The maximum absolute atomic E-state index is 12.0. The summed E-state index contributed by atoms with van der Waals surface area (Å²) >= 11 is 0. The van der Waals surface area contributed by atoms with E-state index in [9.17, 15) is 14.9 Å². The van der Waals surface area contributed by atoms with Gasteiger partial charge in [-0.15, -0.1) is 0 Å². The van der Waals surface area contributed by atoms with Crippen molar-refractivity contribution in [3.63, 3.8) is 0 Å². The van der Waals surface area contributed by atoms with Crippen LogP contribution in [0.15, 0.2) is 48.8 Å². The smallest absolute Gasteiger partial charge is 0.321 e. The van der Waals surface area contributed by atoms with Crippen molar-refractivity contribution < 1.29 is 9.72 Å². The number of anilines is 1. The summed E-state index contributed by atoms with van der Waals surface area (Å²) < 4.78 is 0. The Morgan fingerprint density at radius 3 is 2.62 bits per heavy atom. The molecule has 1 heterocycles. The standard InChI is InChI=1S/C14H14N4O3/c1-17(10-11-3-2-8-15-9-11)14(19)16-12-4-6-13(7-5-12)18(20)21/h2-9H,10H2,1H3,(H,16,19). The number of nitro groups is 1. The molecule has 0 aliphatic carbocycles. The maximum atomic E-state index is 12.0. The van der Waals surface area contributed by atoms with Gasteiger partial charge in [-0.25, -0.2) is 4.79 Å². The molecule has 7 nitrogen and oxygen atoms in total. The number of hydrogen-bond donors (Lipinski definition) is 1. The van der Waals surface area contributed by atoms with Gasteiger partial charge < -0.3 is 10.2 Å². The minimum atomic E-state index is -0.486. The quantitative estimate of drug-likeness (QED) is 0.691. The molecule has 0 atom stereocenters. The number of rotatable bonds is 4. The van der Waals surface area contributed by atoms with Crippen molar-refractivity contribution in [3.8, 4) is 0 Å². The molecule has 0 fully saturated rings. The van der Waals surface area contributed by atoms with Crippen LogP contribution in [0.5, 0.6) is 0 Å². The molecule has 0 radical (unpaired) electrons. The Bertz CT molecular complexity index is 628. The first-order valence-electron chi connectivity index (χ1n) is 6.22. The number of aromatic nitrogens is 1. The number of amides is 2. The Morgan fingerprint density at radius 1 is 1.33 bits per heavy atom. The summed E-state index contributed by atoms with van der Waals surface area (Å²) in [5.74, 6) is 0. The second-order valence-electron chi connectivity index (χ2n) is 4.45. The number of nitro benzene ring substituents is 1. The van der Waals surface area contributed by atoms with Crippen LogP contribution in [0.3, 0.4) is 0 Å². The van der Waals surface area contributed by atoms with Gasteiger partial charge in [0, 0.05) is 43.8 Å². The normalized spacial score (nSPS) is 9.95. The molecule has 0 unspecified atom stereocenters. The lowest BCUT2D eigenvalue weighted by Crippen LogP contribution is -2.30. The van der Waals surface area contributed by atoms with Crippen molar-refractivity contribution in [1.82, 2.24) is 9.88 Å². The van der Waals surface area contributed by atoms with Crippen LogP contribution < -0.4 is 5.32 Å². The predicted molar refractivity (Wildman–Crippen MR) is 77.8 cm³/mol. The molecule has 0 aliphatic rings. The first kappa shape index (κ1) is 14.4. The lowest BCUT2D eigenvalue weighted by Gasteiger charge is -2.17. The van der Waals surface area contributed by atoms with Crippen LogP contribution >= 0.6 is 0 Å². The average Bonchev–Trinajstić information content (AvgIpc) is 2.48. The highest BCUT2D eigenvalue weighted by molar-refractivity contribution is 5.89. The molecule has 1 N–H and O–H groups in total. The minimum absolute atomic E-state index is 0.0169. The van der Waals surface area contributed by atoms with Gasteiger partial charge >= 0.3 is 6.03 Å². The highest BCUT2D eigenvalue weighted by Crippen LogP contribution is 2.15. The molecule has 108 valence electrons. The number of nitrogens with zero attached hydrogens (tertiary/aromatic N) is 3. The first-order valence-corrected chi connectivity index (χ1v) is 6.22. The van der Waals surface area contributed by atoms with Gasteiger partial charge in [0.1, 0.15) is 0 Å². The second kappa shape index (κ2) is 6.47. The van der Waals surface area contributed by atoms with Crippen LogP contribution in [-0.4, -0.2) is 27.9 Å². The zero-order valence-corrected chi connectivity index (χ0v) is 11.4. The summed E-state index contributed by atoms with van der Waals surface area (Å²) in [6.07, 6.45) is 3.36. The number of non-ortho nitro benzene ring substituents is 1. The highest BCUT2D eigenvalue weighted by atomic mass is 16.6. The SMILES string of the molecule is CN(Cc1cccnc1)C(=O)Nc1ccc([N+](=O)[O-])cc1. The summed E-state index contributed by atoms with van der Waals surface area (Å²) in [4.78, 5) is 27.5. The van der Waals surface area contributed by atoms with Crippen LogP contribution in [0.2, 0.25) is 0 Å². The van der Waals surface area contributed by atoms with E-state index in [1.807, 2.05) is 6.07 Å². The van der Waals surface area contributed by atoms with Crippen LogP contribution in [0.4, 0.5) is 16.2 Å². The van der Waals surface area contributed by atoms with Crippen molar-refractivity contribution in [3.05, 3.63) is 64.5 Å². The third-order valence-electron chi connectivity index (χ3n) is 2.82.